The topological polar surface area (TPSA) is 17.8 Å². The molecule has 0 bridgehead atoms. The van der Waals surface area contributed by atoms with Crippen LogP contribution in [0.5, 0.6) is 0 Å². The van der Waals surface area contributed by atoms with Crippen LogP contribution < -0.4 is 0 Å². The summed E-state index contributed by atoms with van der Waals surface area (Å²) in [6, 6.07) is 47.0. The average molecular weight is 603 g/mol. The largest absolute Gasteiger partial charge is 0.293 e. The number of aromatic nitrogens is 2. The summed E-state index contributed by atoms with van der Waals surface area (Å²) in [5.74, 6) is 0.942. The van der Waals surface area contributed by atoms with Gasteiger partial charge in [0.1, 0.15) is 5.82 Å². The molecule has 2 heteroatoms. The first kappa shape index (κ1) is 26.7. The van der Waals surface area contributed by atoms with E-state index in [9.17, 15) is 0 Å². The SMILES string of the molecule is CC1(C)c2ccccc2-c2cc(-c3ccc(-n4c5ccccc5c5c6ccccc6c6c(c54)C(C)(C)c4ccccc4-6)nc3)ccc21. The first-order chi connectivity index (χ1) is 22.9. The van der Waals surface area contributed by atoms with Crippen molar-refractivity contribution >= 4 is 32.6 Å². The van der Waals surface area contributed by atoms with E-state index in [4.69, 9.17) is 4.98 Å². The summed E-state index contributed by atoms with van der Waals surface area (Å²) in [6.45, 7) is 9.44. The molecule has 0 fully saturated rings. The predicted octanol–water partition coefficient (Wildman–Crippen LogP) is 11.6. The van der Waals surface area contributed by atoms with Gasteiger partial charge in [-0.1, -0.05) is 131 Å². The molecule has 6 aromatic carbocycles. The van der Waals surface area contributed by atoms with Crippen LogP contribution in [0.2, 0.25) is 0 Å². The molecule has 2 aliphatic rings. The maximum atomic E-state index is 5.23. The van der Waals surface area contributed by atoms with Gasteiger partial charge in [-0.3, -0.25) is 4.57 Å². The lowest BCUT2D eigenvalue weighted by atomic mass is 9.80. The van der Waals surface area contributed by atoms with Crippen molar-refractivity contribution in [1.29, 1.82) is 0 Å². The smallest absolute Gasteiger partial charge is 0.137 e. The van der Waals surface area contributed by atoms with Crippen molar-refractivity contribution < 1.29 is 0 Å². The summed E-state index contributed by atoms with van der Waals surface area (Å²) in [7, 11) is 0. The molecule has 2 aliphatic carbocycles. The summed E-state index contributed by atoms with van der Waals surface area (Å²) >= 11 is 0. The molecule has 10 rings (SSSR count). The van der Waals surface area contributed by atoms with Gasteiger partial charge in [-0.05, 0) is 85.1 Å². The van der Waals surface area contributed by atoms with Crippen LogP contribution in [0.4, 0.5) is 0 Å². The molecular formula is C45H34N2. The fourth-order valence-electron chi connectivity index (χ4n) is 9.02. The number of nitrogens with zero attached hydrogens (tertiary/aromatic N) is 2. The molecule has 0 unspecified atom stereocenters. The first-order valence-corrected chi connectivity index (χ1v) is 16.6. The zero-order valence-electron chi connectivity index (χ0n) is 27.1. The van der Waals surface area contributed by atoms with Gasteiger partial charge in [-0.15, -0.1) is 0 Å². The van der Waals surface area contributed by atoms with Crippen LogP contribution in [0.15, 0.2) is 134 Å². The van der Waals surface area contributed by atoms with Crippen LogP contribution in [-0.4, -0.2) is 9.55 Å². The third kappa shape index (κ3) is 3.37. The van der Waals surface area contributed by atoms with E-state index >= 15 is 0 Å². The quantitative estimate of drug-likeness (QED) is 0.192. The Labute approximate surface area is 275 Å². The zero-order chi connectivity index (χ0) is 31.7. The van der Waals surface area contributed by atoms with E-state index in [-0.39, 0.29) is 10.8 Å². The van der Waals surface area contributed by atoms with E-state index < -0.39 is 0 Å². The van der Waals surface area contributed by atoms with Crippen molar-refractivity contribution in [3.63, 3.8) is 0 Å². The Morgan fingerprint density at radius 3 is 1.89 bits per heavy atom. The minimum Gasteiger partial charge on any atom is -0.293 e. The van der Waals surface area contributed by atoms with Crippen LogP contribution in [0.3, 0.4) is 0 Å². The van der Waals surface area contributed by atoms with Crippen molar-refractivity contribution in [3.8, 4) is 39.2 Å². The Balaban J connectivity index is 1.22. The van der Waals surface area contributed by atoms with Crippen LogP contribution in [0.1, 0.15) is 49.9 Å². The van der Waals surface area contributed by atoms with Crippen molar-refractivity contribution in [2.24, 2.45) is 0 Å². The minimum absolute atomic E-state index is 0.000959. The number of para-hydroxylation sites is 1. The molecular weight excluding hydrogens is 569 g/mol. The molecule has 47 heavy (non-hydrogen) atoms. The Hall–Kier alpha value is -5.47. The lowest BCUT2D eigenvalue weighted by Gasteiger charge is -2.24. The molecule has 0 saturated carbocycles. The van der Waals surface area contributed by atoms with Crippen molar-refractivity contribution in [1.82, 2.24) is 9.55 Å². The highest BCUT2D eigenvalue weighted by Gasteiger charge is 2.40. The molecule has 0 spiro atoms. The van der Waals surface area contributed by atoms with Gasteiger partial charge >= 0.3 is 0 Å². The Bertz CT molecular complexity index is 2610. The molecule has 2 nitrogen and oxygen atoms in total. The lowest BCUT2D eigenvalue weighted by molar-refractivity contribution is 0.660. The van der Waals surface area contributed by atoms with Gasteiger partial charge in [0.2, 0.25) is 0 Å². The number of benzene rings is 6. The van der Waals surface area contributed by atoms with Gasteiger partial charge in [-0.2, -0.15) is 0 Å². The molecule has 0 amide bonds. The number of fused-ring (bicyclic) bond motifs is 13. The first-order valence-electron chi connectivity index (χ1n) is 16.6. The maximum absolute atomic E-state index is 5.23. The predicted molar refractivity (Wildman–Crippen MR) is 197 cm³/mol. The summed E-state index contributed by atoms with van der Waals surface area (Å²) < 4.78 is 2.43. The van der Waals surface area contributed by atoms with Gasteiger partial charge in [0, 0.05) is 33.4 Å². The second kappa shape index (κ2) is 9.08. The van der Waals surface area contributed by atoms with Gasteiger partial charge in [-0.25, -0.2) is 4.98 Å². The number of hydrogen-bond acceptors (Lipinski definition) is 1. The summed E-state index contributed by atoms with van der Waals surface area (Å²) in [5.41, 5.74) is 15.5. The molecule has 0 aliphatic heterocycles. The van der Waals surface area contributed by atoms with Crippen molar-refractivity contribution in [3.05, 3.63) is 156 Å². The van der Waals surface area contributed by atoms with Crippen LogP contribution >= 0.6 is 0 Å². The van der Waals surface area contributed by atoms with E-state index in [0.717, 1.165) is 11.4 Å². The molecule has 0 radical (unpaired) electrons. The number of hydrogen-bond donors (Lipinski definition) is 0. The van der Waals surface area contributed by atoms with Gasteiger partial charge < -0.3 is 0 Å². The standard InChI is InChI=1S/C45H34N2/c1-44(2)35-18-10-7-13-29(35)34-25-27(21-23-37(34)44)28-22-24-39(46-26-28)47-38-20-12-9-17-33(38)41-31-15-6-5-14-30(31)40-32-16-8-11-19-36(32)45(3,4)42(40)43(41)47/h5-26H,1-4H3. The summed E-state index contributed by atoms with van der Waals surface area (Å²) in [5, 5.41) is 5.18. The molecule has 2 heterocycles. The summed E-state index contributed by atoms with van der Waals surface area (Å²) in [4.78, 5) is 5.23. The summed E-state index contributed by atoms with van der Waals surface area (Å²) in [6.07, 6.45) is 2.06. The number of pyridine rings is 1. The molecule has 2 aromatic heterocycles. The fourth-order valence-corrected chi connectivity index (χ4v) is 9.02. The van der Waals surface area contributed by atoms with Crippen LogP contribution in [0.25, 0.3) is 71.8 Å². The Morgan fingerprint density at radius 1 is 0.511 bits per heavy atom. The maximum Gasteiger partial charge on any atom is 0.137 e. The van der Waals surface area contributed by atoms with Gasteiger partial charge in [0.15, 0.2) is 0 Å². The van der Waals surface area contributed by atoms with E-state index in [1.807, 2.05) is 0 Å². The third-order valence-electron chi connectivity index (χ3n) is 11.2. The highest BCUT2D eigenvalue weighted by atomic mass is 15.1. The second-order valence-corrected chi connectivity index (χ2v) is 14.4. The third-order valence-corrected chi connectivity index (χ3v) is 11.2. The van der Waals surface area contributed by atoms with E-state index in [1.165, 1.54) is 82.6 Å². The molecule has 0 saturated heterocycles. The highest BCUT2D eigenvalue weighted by Crippen LogP contribution is 2.56. The fraction of sp³-hybridized carbons (Fsp3) is 0.133. The minimum atomic E-state index is -0.172. The number of rotatable bonds is 2. The molecule has 0 atom stereocenters. The Morgan fingerprint density at radius 2 is 1.13 bits per heavy atom. The van der Waals surface area contributed by atoms with E-state index in [2.05, 4.69) is 166 Å². The van der Waals surface area contributed by atoms with Crippen molar-refractivity contribution in [2.75, 3.05) is 0 Å². The van der Waals surface area contributed by atoms with Crippen LogP contribution in [0, 0.1) is 0 Å². The van der Waals surface area contributed by atoms with Gasteiger partial charge in [0.05, 0.1) is 11.0 Å². The average Bonchev–Trinajstić information content (AvgIpc) is 3.66. The highest BCUT2D eigenvalue weighted by molar-refractivity contribution is 6.26. The monoisotopic (exact) mass is 602 g/mol. The zero-order valence-corrected chi connectivity index (χ0v) is 27.1. The molecule has 224 valence electrons. The molecule has 8 aromatic rings. The molecule has 0 N–H and O–H groups in total. The normalized spacial score (nSPS) is 15.1. The lowest BCUT2D eigenvalue weighted by Crippen LogP contribution is -2.16. The Kier molecular flexibility index (Phi) is 5.16. The van der Waals surface area contributed by atoms with Crippen LogP contribution in [-0.2, 0) is 10.8 Å². The van der Waals surface area contributed by atoms with E-state index in [1.54, 1.807) is 0 Å². The van der Waals surface area contributed by atoms with E-state index in [0.29, 0.717) is 0 Å². The second-order valence-electron chi connectivity index (χ2n) is 14.4. The van der Waals surface area contributed by atoms with Gasteiger partial charge in [0.25, 0.3) is 0 Å². The van der Waals surface area contributed by atoms with Crippen molar-refractivity contribution in [2.45, 2.75) is 38.5 Å².